The fourth-order valence-corrected chi connectivity index (χ4v) is 10.7. The summed E-state index contributed by atoms with van der Waals surface area (Å²) in [6.45, 7) is 16.9. The van der Waals surface area contributed by atoms with Crippen molar-refractivity contribution in [1.29, 1.82) is 0 Å². The number of benzene rings is 6. The second-order valence-electron chi connectivity index (χ2n) is 24.7. The van der Waals surface area contributed by atoms with Gasteiger partial charge < -0.3 is 56.8 Å². The number of ether oxygens (including phenoxy) is 12. The van der Waals surface area contributed by atoms with Crippen LogP contribution in [0.2, 0.25) is 0 Å². The summed E-state index contributed by atoms with van der Waals surface area (Å²) in [6.07, 6.45) is 25.0. The fourth-order valence-electron chi connectivity index (χ4n) is 10.7. The van der Waals surface area contributed by atoms with Gasteiger partial charge in [-0.1, -0.05) is 58.4 Å². The molecule has 0 radical (unpaired) electrons. The third-order valence-corrected chi connectivity index (χ3v) is 16.5. The molecule has 0 N–H and O–H groups in total. The first kappa shape index (κ1) is 83.2. The molecule has 6 rings (SSSR count). The molecule has 20 heteroatoms. The number of aryl methyl sites for hydroxylation is 2. The highest BCUT2D eigenvalue weighted by Crippen LogP contribution is 2.31. The van der Waals surface area contributed by atoms with Gasteiger partial charge in [0.2, 0.25) is 0 Å². The van der Waals surface area contributed by atoms with Gasteiger partial charge in [-0.05, 0) is 273 Å². The van der Waals surface area contributed by atoms with E-state index in [2.05, 4.69) is 26.3 Å². The number of hydrogen-bond donors (Lipinski definition) is 0. The minimum absolute atomic E-state index is 0.288. The predicted molar refractivity (Wildman–Crippen MR) is 399 cm³/mol. The molecular weight excluding hydrogens is 1340 g/mol. The standard InChI is InChI=1S/C85H100O20/c1-5-78(86)98-58-28-18-14-24-54-94-70-42-34-64(35-43-70)82(90)102-74-50-52-76(104-84(92)66-38-46-72(47-39-66)96-56-26-16-20-30-60-100-80(88)7-3)68(62-74)32-22-12-10-9-11-13-23-33-69-63-75(103-83(91)65-36-44-71(45-37-65)95-55-25-15-19-29-59-99-79(87)6-2)51-53-77(69)105-85(93)67-40-48-73(49-41-67)97-57-27-17-21-31-61-101-81(89)8-4/h5-8,34-53,62-63H,1-4,9-33,54-61H2. The van der Waals surface area contributed by atoms with Gasteiger partial charge >= 0.3 is 47.8 Å². The van der Waals surface area contributed by atoms with E-state index in [1.807, 2.05) is 0 Å². The minimum Gasteiger partial charge on any atom is -0.494 e. The van der Waals surface area contributed by atoms with E-state index in [1.165, 1.54) is 0 Å². The molecule has 0 saturated heterocycles. The minimum atomic E-state index is -0.569. The summed E-state index contributed by atoms with van der Waals surface area (Å²) in [4.78, 5) is 99.4. The Bertz CT molecular complexity index is 3450. The van der Waals surface area contributed by atoms with Crippen LogP contribution in [0.3, 0.4) is 0 Å². The van der Waals surface area contributed by atoms with Crippen molar-refractivity contribution in [3.8, 4) is 46.0 Å². The number of esters is 8. The number of carbonyl (C=O) groups is 8. The van der Waals surface area contributed by atoms with Crippen molar-refractivity contribution < 1.29 is 95.2 Å². The van der Waals surface area contributed by atoms with Crippen LogP contribution in [-0.2, 0) is 51.0 Å². The normalized spacial score (nSPS) is 10.7. The fraction of sp³-hybridized carbons (Fsp3) is 0.388. The zero-order chi connectivity index (χ0) is 74.9. The maximum Gasteiger partial charge on any atom is 0.343 e. The Labute approximate surface area is 616 Å². The highest BCUT2D eigenvalue weighted by atomic mass is 16.6. The third kappa shape index (κ3) is 33.9. The lowest BCUT2D eigenvalue weighted by atomic mass is 10.0. The van der Waals surface area contributed by atoms with Gasteiger partial charge in [0.15, 0.2) is 0 Å². The maximum absolute atomic E-state index is 13.7. The molecule has 0 aliphatic rings. The summed E-state index contributed by atoms with van der Waals surface area (Å²) in [5.74, 6) is -0.292. The quantitative estimate of drug-likeness (QED) is 0.0113. The molecule has 0 spiro atoms. The van der Waals surface area contributed by atoms with Gasteiger partial charge in [0, 0.05) is 24.3 Å². The van der Waals surface area contributed by atoms with Crippen LogP contribution in [0, 0.1) is 0 Å². The maximum atomic E-state index is 13.7. The Kier molecular flexibility index (Phi) is 39.4. The van der Waals surface area contributed by atoms with Gasteiger partial charge in [-0.15, -0.1) is 0 Å². The highest BCUT2D eigenvalue weighted by Gasteiger charge is 2.19. The zero-order valence-corrected chi connectivity index (χ0v) is 60.3. The van der Waals surface area contributed by atoms with Crippen LogP contribution >= 0.6 is 0 Å². The van der Waals surface area contributed by atoms with Gasteiger partial charge in [0.05, 0.1) is 75.1 Å². The first-order valence-electron chi connectivity index (χ1n) is 36.5. The monoisotopic (exact) mass is 1440 g/mol. The van der Waals surface area contributed by atoms with Crippen molar-refractivity contribution in [3.63, 3.8) is 0 Å². The Morgan fingerprint density at radius 1 is 0.238 bits per heavy atom. The molecule has 0 unspecified atom stereocenters. The molecule has 0 heterocycles. The van der Waals surface area contributed by atoms with Crippen molar-refractivity contribution in [3.05, 3.63) is 217 Å². The Morgan fingerprint density at radius 2 is 0.448 bits per heavy atom. The molecule has 6 aromatic carbocycles. The molecular formula is C85H100O20. The van der Waals surface area contributed by atoms with E-state index >= 15 is 0 Å². The molecule has 0 aliphatic heterocycles. The number of carbonyl (C=O) groups excluding carboxylic acids is 8. The molecule has 0 saturated carbocycles. The topological polar surface area (TPSA) is 247 Å². The third-order valence-electron chi connectivity index (χ3n) is 16.5. The van der Waals surface area contributed by atoms with Crippen LogP contribution in [0.5, 0.6) is 46.0 Å². The molecule has 0 bridgehead atoms. The van der Waals surface area contributed by atoms with Crippen LogP contribution in [0.1, 0.15) is 200 Å². The summed E-state index contributed by atoms with van der Waals surface area (Å²) >= 11 is 0. The first-order chi connectivity index (χ1) is 51.2. The van der Waals surface area contributed by atoms with E-state index in [0.29, 0.717) is 134 Å². The van der Waals surface area contributed by atoms with E-state index in [9.17, 15) is 38.4 Å². The number of hydrogen-bond acceptors (Lipinski definition) is 20. The average molecular weight is 1440 g/mol. The second kappa shape index (κ2) is 49.8. The largest absolute Gasteiger partial charge is 0.494 e. The molecule has 105 heavy (non-hydrogen) atoms. The van der Waals surface area contributed by atoms with Crippen molar-refractivity contribution in [2.45, 2.75) is 161 Å². The summed E-state index contributed by atoms with van der Waals surface area (Å²) in [7, 11) is 0. The molecule has 0 amide bonds. The van der Waals surface area contributed by atoms with E-state index in [-0.39, 0.29) is 11.5 Å². The highest BCUT2D eigenvalue weighted by molar-refractivity contribution is 5.94. The molecule has 0 atom stereocenters. The van der Waals surface area contributed by atoms with Crippen LogP contribution in [0.15, 0.2) is 184 Å². The summed E-state index contributed by atoms with van der Waals surface area (Å²) < 4.78 is 67.6. The van der Waals surface area contributed by atoms with E-state index < -0.39 is 47.8 Å². The lowest BCUT2D eigenvalue weighted by Gasteiger charge is -2.14. The molecule has 20 nitrogen and oxygen atoms in total. The van der Waals surface area contributed by atoms with Crippen LogP contribution in [0.25, 0.3) is 0 Å². The van der Waals surface area contributed by atoms with Gasteiger partial charge in [0.1, 0.15) is 46.0 Å². The Hall–Kier alpha value is -10.8. The number of unbranched alkanes of at least 4 members (excludes halogenated alkanes) is 18. The summed E-state index contributed by atoms with van der Waals surface area (Å²) in [5.41, 5.74) is 2.68. The van der Waals surface area contributed by atoms with Gasteiger partial charge in [-0.2, -0.15) is 0 Å². The van der Waals surface area contributed by atoms with E-state index in [0.717, 1.165) is 172 Å². The van der Waals surface area contributed by atoms with Crippen molar-refractivity contribution in [1.82, 2.24) is 0 Å². The predicted octanol–water partition coefficient (Wildman–Crippen LogP) is 17.8. The average Bonchev–Trinajstić information content (AvgIpc) is 0.840. The van der Waals surface area contributed by atoms with Crippen LogP contribution in [0.4, 0.5) is 0 Å². The lowest BCUT2D eigenvalue weighted by molar-refractivity contribution is -0.138. The Balaban J connectivity index is 1.03. The summed E-state index contributed by atoms with van der Waals surface area (Å²) in [5, 5.41) is 0. The Morgan fingerprint density at radius 3 is 0.695 bits per heavy atom. The zero-order valence-electron chi connectivity index (χ0n) is 60.3. The molecule has 6 aromatic rings. The SMILES string of the molecule is C=CC(=O)OCCCCCCOc1ccc(C(=O)Oc2ccc(OC(=O)c3ccc(OCCCCCCOC(=O)C=C)cc3)c(CCCCCCCCCc3cc(OC(=O)c4ccc(OCCCCCCOC(=O)C=C)cc4)ccc3OC(=O)c3ccc(OCCCCCCOC(=O)C=C)cc3)c2)cc1. The van der Waals surface area contributed by atoms with Gasteiger partial charge in [-0.3, -0.25) is 0 Å². The van der Waals surface area contributed by atoms with Crippen LogP contribution in [-0.4, -0.2) is 101 Å². The van der Waals surface area contributed by atoms with Crippen molar-refractivity contribution in [2.24, 2.45) is 0 Å². The lowest BCUT2D eigenvalue weighted by Crippen LogP contribution is -2.11. The van der Waals surface area contributed by atoms with Gasteiger partial charge in [-0.25, -0.2) is 38.4 Å². The smallest absolute Gasteiger partial charge is 0.343 e. The molecule has 0 aliphatic carbocycles. The van der Waals surface area contributed by atoms with Crippen molar-refractivity contribution in [2.75, 3.05) is 52.9 Å². The molecule has 560 valence electrons. The van der Waals surface area contributed by atoms with E-state index in [4.69, 9.17) is 56.8 Å². The van der Waals surface area contributed by atoms with Crippen LogP contribution < -0.4 is 37.9 Å². The summed E-state index contributed by atoms with van der Waals surface area (Å²) in [6, 6.07) is 36.9. The number of rotatable bonds is 54. The van der Waals surface area contributed by atoms with Gasteiger partial charge in [0.25, 0.3) is 0 Å². The van der Waals surface area contributed by atoms with Crippen molar-refractivity contribution >= 4 is 47.8 Å². The second-order valence-corrected chi connectivity index (χ2v) is 24.7. The van der Waals surface area contributed by atoms with E-state index in [1.54, 1.807) is 133 Å². The first-order valence-corrected chi connectivity index (χ1v) is 36.5. The molecule has 0 aromatic heterocycles. The molecule has 0 fully saturated rings.